The first-order chi connectivity index (χ1) is 8.19. The van der Waals surface area contributed by atoms with Crippen molar-refractivity contribution in [1.29, 1.82) is 0 Å². The van der Waals surface area contributed by atoms with Crippen molar-refractivity contribution in [2.24, 2.45) is 5.92 Å². The summed E-state index contributed by atoms with van der Waals surface area (Å²) in [6, 6.07) is 0. The number of nitrogens with zero attached hydrogens (tertiary/aromatic N) is 3. The molecular weight excluding hydrogens is 218 g/mol. The van der Waals surface area contributed by atoms with E-state index in [4.69, 9.17) is 4.52 Å². The molecule has 2 atom stereocenters. The highest BCUT2D eigenvalue weighted by atomic mass is 16.5. The maximum Gasteiger partial charge on any atom is 0.226 e. The van der Waals surface area contributed by atoms with Crippen LogP contribution < -0.4 is 0 Å². The van der Waals surface area contributed by atoms with E-state index in [0.29, 0.717) is 5.92 Å². The van der Waals surface area contributed by atoms with Crippen LogP contribution in [0.1, 0.15) is 38.4 Å². The molecule has 96 valence electrons. The summed E-state index contributed by atoms with van der Waals surface area (Å²) in [5.74, 6) is 1.88. The molecule has 0 aromatic carbocycles. The van der Waals surface area contributed by atoms with Gasteiger partial charge in [0.05, 0.1) is 12.6 Å². The number of likely N-dealkylation sites (tertiary alicyclic amines) is 1. The zero-order valence-electron chi connectivity index (χ0n) is 10.6. The Bertz CT molecular complexity index is 351. The van der Waals surface area contributed by atoms with Gasteiger partial charge in [-0.15, -0.1) is 0 Å². The van der Waals surface area contributed by atoms with Crippen molar-refractivity contribution in [2.75, 3.05) is 13.1 Å². The van der Waals surface area contributed by atoms with Crippen molar-refractivity contribution in [2.45, 2.75) is 45.8 Å². The van der Waals surface area contributed by atoms with Crippen LogP contribution in [0.25, 0.3) is 0 Å². The summed E-state index contributed by atoms with van der Waals surface area (Å²) < 4.78 is 5.15. The highest BCUT2D eigenvalue weighted by molar-refractivity contribution is 4.89. The van der Waals surface area contributed by atoms with Crippen molar-refractivity contribution in [3.05, 3.63) is 11.7 Å². The van der Waals surface area contributed by atoms with Crippen molar-refractivity contribution < 1.29 is 9.63 Å². The molecule has 0 bridgehead atoms. The zero-order valence-corrected chi connectivity index (χ0v) is 10.6. The second-order valence-electron chi connectivity index (χ2n) is 4.88. The predicted molar refractivity (Wildman–Crippen MR) is 63.4 cm³/mol. The monoisotopic (exact) mass is 239 g/mol. The summed E-state index contributed by atoms with van der Waals surface area (Å²) in [5.41, 5.74) is 0. The van der Waals surface area contributed by atoms with Gasteiger partial charge < -0.3 is 9.63 Å². The minimum absolute atomic E-state index is 0.221. The summed E-state index contributed by atoms with van der Waals surface area (Å²) in [6.07, 6.45) is 2.71. The van der Waals surface area contributed by atoms with Crippen LogP contribution in [0, 0.1) is 5.92 Å². The largest absolute Gasteiger partial charge is 0.393 e. The molecule has 2 unspecified atom stereocenters. The fourth-order valence-electron chi connectivity index (χ4n) is 2.27. The highest BCUT2D eigenvalue weighted by Gasteiger charge is 2.26. The second-order valence-corrected chi connectivity index (χ2v) is 4.88. The normalized spacial score (nSPS) is 23.1. The van der Waals surface area contributed by atoms with Gasteiger partial charge in [0.1, 0.15) is 0 Å². The number of rotatable bonds is 5. The van der Waals surface area contributed by atoms with E-state index in [1.807, 2.05) is 6.92 Å². The minimum Gasteiger partial charge on any atom is -0.393 e. The second kappa shape index (κ2) is 5.60. The molecule has 1 N–H and O–H groups in total. The molecule has 1 fully saturated rings. The maximum atomic E-state index is 9.53. The number of hydrogen-bond donors (Lipinski definition) is 1. The Morgan fingerprint density at radius 2 is 2.41 bits per heavy atom. The Hall–Kier alpha value is -0.940. The van der Waals surface area contributed by atoms with Gasteiger partial charge in [-0.25, -0.2) is 0 Å². The van der Waals surface area contributed by atoms with Crippen LogP contribution in [0.15, 0.2) is 4.52 Å². The van der Waals surface area contributed by atoms with Gasteiger partial charge in [-0.3, -0.25) is 4.90 Å². The first-order valence-electron chi connectivity index (χ1n) is 6.41. The summed E-state index contributed by atoms with van der Waals surface area (Å²) in [7, 11) is 0. The summed E-state index contributed by atoms with van der Waals surface area (Å²) in [4.78, 5) is 6.63. The molecule has 5 nitrogen and oxygen atoms in total. The minimum atomic E-state index is -0.221. The smallest absolute Gasteiger partial charge is 0.226 e. The fourth-order valence-corrected chi connectivity index (χ4v) is 2.27. The Labute approximate surface area is 102 Å². The van der Waals surface area contributed by atoms with E-state index in [0.717, 1.165) is 50.6 Å². The highest BCUT2D eigenvalue weighted by Crippen LogP contribution is 2.20. The Balaban J connectivity index is 1.84. The lowest BCUT2D eigenvalue weighted by molar-refractivity contribution is 0.127. The quantitative estimate of drug-likeness (QED) is 0.837. The summed E-state index contributed by atoms with van der Waals surface area (Å²) in [5, 5.41) is 13.5. The molecule has 2 heterocycles. The van der Waals surface area contributed by atoms with E-state index in [9.17, 15) is 5.11 Å². The van der Waals surface area contributed by atoms with Gasteiger partial charge in [0.15, 0.2) is 5.82 Å². The molecule has 1 aliphatic rings. The molecule has 1 aromatic heterocycles. The van der Waals surface area contributed by atoms with Gasteiger partial charge in [0, 0.05) is 13.0 Å². The van der Waals surface area contributed by atoms with E-state index >= 15 is 0 Å². The van der Waals surface area contributed by atoms with Gasteiger partial charge in [0.25, 0.3) is 0 Å². The van der Waals surface area contributed by atoms with Gasteiger partial charge in [-0.2, -0.15) is 4.98 Å². The first-order valence-corrected chi connectivity index (χ1v) is 6.41. The van der Waals surface area contributed by atoms with Gasteiger partial charge >= 0.3 is 0 Å². The molecule has 1 saturated heterocycles. The van der Waals surface area contributed by atoms with E-state index in [1.54, 1.807) is 0 Å². The van der Waals surface area contributed by atoms with E-state index in [-0.39, 0.29) is 6.10 Å². The van der Waals surface area contributed by atoms with Gasteiger partial charge in [-0.05, 0) is 32.2 Å². The lowest BCUT2D eigenvalue weighted by Gasteiger charge is -2.15. The summed E-state index contributed by atoms with van der Waals surface area (Å²) in [6.45, 7) is 6.62. The van der Waals surface area contributed by atoms with Gasteiger partial charge in [-0.1, -0.05) is 12.1 Å². The molecule has 5 heteroatoms. The molecule has 0 radical (unpaired) electrons. The van der Waals surface area contributed by atoms with E-state index < -0.39 is 0 Å². The Morgan fingerprint density at radius 3 is 3.06 bits per heavy atom. The van der Waals surface area contributed by atoms with Crippen LogP contribution in [-0.2, 0) is 13.0 Å². The SMILES string of the molecule is CCCc1nc(CN2CCC(C(C)O)C2)no1. The van der Waals surface area contributed by atoms with Crippen molar-refractivity contribution in [3.8, 4) is 0 Å². The van der Waals surface area contributed by atoms with Crippen LogP contribution in [0.3, 0.4) is 0 Å². The van der Waals surface area contributed by atoms with Gasteiger partial charge in [0.2, 0.25) is 5.89 Å². The molecule has 17 heavy (non-hydrogen) atoms. The van der Waals surface area contributed by atoms with E-state index in [1.165, 1.54) is 0 Å². The first kappa shape index (κ1) is 12.5. The third-order valence-corrected chi connectivity index (χ3v) is 3.33. The average molecular weight is 239 g/mol. The summed E-state index contributed by atoms with van der Waals surface area (Å²) >= 11 is 0. The average Bonchev–Trinajstić information content (AvgIpc) is 2.89. The van der Waals surface area contributed by atoms with Crippen LogP contribution in [0.4, 0.5) is 0 Å². The van der Waals surface area contributed by atoms with Crippen LogP contribution >= 0.6 is 0 Å². The number of hydrogen-bond acceptors (Lipinski definition) is 5. The number of aryl methyl sites for hydroxylation is 1. The lowest BCUT2D eigenvalue weighted by atomic mass is 10.0. The molecule has 0 amide bonds. The Kier molecular flexibility index (Phi) is 4.12. The maximum absolute atomic E-state index is 9.53. The third-order valence-electron chi connectivity index (χ3n) is 3.33. The lowest BCUT2D eigenvalue weighted by Crippen LogP contribution is -2.24. The van der Waals surface area contributed by atoms with Crippen LogP contribution in [0.2, 0.25) is 0 Å². The molecule has 1 aliphatic heterocycles. The Morgan fingerprint density at radius 1 is 1.59 bits per heavy atom. The third kappa shape index (κ3) is 3.26. The van der Waals surface area contributed by atoms with Crippen molar-refractivity contribution in [3.63, 3.8) is 0 Å². The van der Waals surface area contributed by atoms with Crippen molar-refractivity contribution >= 4 is 0 Å². The predicted octanol–water partition coefficient (Wildman–Crippen LogP) is 1.22. The molecule has 1 aromatic rings. The van der Waals surface area contributed by atoms with Crippen molar-refractivity contribution in [1.82, 2.24) is 15.0 Å². The van der Waals surface area contributed by atoms with Crippen LogP contribution in [0.5, 0.6) is 0 Å². The number of aliphatic hydroxyl groups excluding tert-OH is 1. The fraction of sp³-hybridized carbons (Fsp3) is 0.833. The zero-order chi connectivity index (χ0) is 12.3. The molecule has 0 aliphatic carbocycles. The molecule has 0 spiro atoms. The van der Waals surface area contributed by atoms with Crippen LogP contribution in [-0.4, -0.2) is 39.3 Å². The number of aliphatic hydroxyl groups is 1. The molecule has 2 rings (SSSR count). The number of aromatic nitrogens is 2. The van der Waals surface area contributed by atoms with E-state index in [2.05, 4.69) is 22.0 Å². The topological polar surface area (TPSA) is 62.4 Å². The molecule has 0 saturated carbocycles. The standard InChI is InChI=1S/C12H21N3O2/c1-3-4-12-13-11(14-17-12)8-15-6-5-10(7-15)9(2)16/h9-10,16H,3-8H2,1-2H3. The molecular formula is C12H21N3O2.